The van der Waals surface area contributed by atoms with E-state index in [4.69, 9.17) is 16.7 Å². The van der Waals surface area contributed by atoms with Crippen LogP contribution in [-0.2, 0) is 0 Å². The molecule has 0 heterocycles. The van der Waals surface area contributed by atoms with E-state index in [1.807, 2.05) is 37.3 Å². The lowest BCUT2D eigenvalue weighted by molar-refractivity contribution is 0.475. The van der Waals surface area contributed by atoms with Crippen LogP contribution in [0.25, 0.3) is 0 Å². The van der Waals surface area contributed by atoms with Gasteiger partial charge in [0.2, 0.25) is 0 Å². The van der Waals surface area contributed by atoms with Crippen molar-refractivity contribution in [2.45, 2.75) is 6.92 Å². The predicted molar refractivity (Wildman–Crippen MR) is 64.3 cm³/mol. The van der Waals surface area contributed by atoms with Gasteiger partial charge in [0.15, 0.2) is 0 Å². The molecular formula is C13H13ClO. The van der Waals surface area contributed by atoms with Crippen molar-refractivity contribution in [1.29, 1.82) is 0 Å². The molecule has 1 nitrogen and oxygen atoms in total. The topological polar surface area (TPSA) is 20.2 Å². The minimum Gasteiger partial charge on any atom is -0.508 e. The Morgan fingerprint density at radius 3 is 1.73 bits per heavy atom. The molecule has 0 unspecified atom stereocenters. The molecule has 0 radical (unpaired) electrons. The molecule has 0 aromatic heterocycles. The molecule has 0 atom stereocenters. The van der Waals surface area contributed by atoms with Crippen LogP contribution in [0.5, 0.6) is 5.75 Å². The maximum Gasteiger partial charge on any atom is 0.115 e. The first kappa shape index (κ1) is 11.6. The average molecular weight is 221 g/mol. The van der Waals surface area contributed by atoms with Crippen LogP contribution in [-0.4, -0.2) is 5.11 Å². The number of phenols is 1. The summed E-state index contributed by atoms with van der Waals surface area (Å²) in [6.07, 6.45) is 0. The van der Waals surface area contributed by atoms with Crippen molar-refractivity contribution in [3.8, 4) is 5.75 Å². The molecular weight excluding hydrogens is 208 g/mol. The van der Waals surface area contributed by atoms with E-state index < -0.39 is 0 Å². The smallest absolute Gasteiger partial charge is 0.115 e. The zero-order chi connectivity index (χ0) is 11.1. The highest BCUT2D eigenvalue weighted by Crippen LogP contribution is 2.11. The number of hydrogen-bond acceptors (Lipinski definition) is 1. The van der Waals surface area contributed by atoms with Gasteiger partial charge in [0, 0.05) is 5.02 Å². The van der Waals surface area contributed by atoms with Crippen molar-refractivity contribution >= 4 is 11.6 Å². The lowest BCUT2D eigenvalue weighted by Gasteiger charge is -1.90. The van der Waals surface area contributed by atoms with Crippen LogP contribution in [0.2, 0.25) is 5.02 Å². The van der Waals surface area contributed by atoms with Crippen molar-refractivity contribution in [2.75, 3.05) is 0 Å². The van der Waals surface area contributed by atoms with Gasteiger partial charge in [-0.2, -0.15) is 0 Å². The fourth-order valence-electron chi connectivity index (χ4n) is 0.979. The summed E-state index contributed by atoms with van der Waals surface area (Å²) in [6.45, 7) is 1.99. The zero-order valence-electron chi connectivity index (χ0n) is 8.52. The Morgan fingerprint density at radius 2 is 1.40 bits per heavy atom. The van der Waals surface area contributed by atoms with Crippen molar-refractivity contribution < 1.29 is 5.11 Å². The third kappa shape index (κ3) is 4.52. The standard InChI is InChI=1S/C7H7Cl.C6H6O/c1-6-4-2-3-5-7(6)8;7-6-4-2-1-3-5-6/h2-5H,1H3;1-5,7H. The molecule has 0 fully saturated rings. The van der Waals surface area contributed by atoms with Crippen LogP contribution in [0.4, 0.5) is 0 Å². The normalized spacial score (nSPS) is 8.93. The maximum absolute atomic E-state index is 8.63. The highest BCUT2D eigenvalue weighted by Gasteiger charge is 1.86. The highest BCUT2D eigenvalue weighted by molar-refractivity contribution is 6.31. The van der Waals surface area contributed by atoms with Crippen LogP contribution in [0.15, 0.2) is 54.6 Å². The molecule has 2 aromatic carbocycles. The molecule has 15 heavy (non-hydrogen) atoms. The van der Waals surface area contributed by atoms with E-state index in [1.54, 1.807) is 24.3 Å². The molecule has 2 aromatic rings. The largest absolute Gasteiger partial charge is 0.508 e. The Bertz CT molecular complexity index is 377. The van der Waals surface area contributed by atoms with Gasteiger partial charge in [0.1, 0.15) is 5.75 Å². The molecule has 0 saturated carbocycles. The Kier molecular flexibility index (Phi) is 4.72. The summed E-state index contributed by atoms with van der Waals surface area (Å²) >= 11 is 5.71. The summed E-state index contributed by atoms with van der Waals surface area (Å²) in [5, 5.41) is 9.47. The fourth-order valence-corrected chi connectivity index (χ4v) is 1.11. The Labute approximate surface area is 95.0 Å². The van der Waals surface area contributed by atoms with Gasteiger partial charge in [0.25, 0.3) is 0 Å². The van der Waals surface area contributed by atoms with Crippen LogP contribution in [0.3, 0.4) is 0 Å². The lowest BCUT2D eigenvalue weighted by Crippen LogP contribution is -1.68. The molecule has 78 valence electrons. The third-order valence-corrected chi connectivity index (χ3v) is 2.26. The quantitative estimate of drug-likeness (QED) is 0.711. The molecule has 0 aliphatic heterocycles. The van der Waals surface area contributed by atoms with Gasteiger partial charge >= 0.3 is 0 Å². The second-order valence-electron chi connectivity index (χ2n) is 3.08. The van der Waals surface area contributed by atoms with Crippen molar-refractivity contribution in [2.24, 2.45) is 0 Å². The molecule has 0 amide bonds. The Balaban J connectivity index is 0.000000151. The fraction of sp³-hybridized carbons (Fsp3) is 0.0769. The molecule has 2 heteroatoms. The van der Waals surface area contributed by atoms with Gasteiger partial charge in [-0.25, -0.2) is 0 Å². The van der Waals surface area contributed by atoms with Gasteiger partial charge in [0.05, 0.1) is 0 Å². The van der Waals surface area contributed by atoms with E-state index in [9.17, 15) is 0 Å². The van der Waals surface area contributed by atoms with Gasteiger partial charge in [-0.3, -0.25) is 0 Å². The van der Waals surface area contributed by atoms with Gasteiger partial charge in [-0.15, -0.1) is 0 Å². The second-order valence-corrected chi connectivity index (χ2v) is 3.49. The molecule has 0 bridgehead atoms. The number of benzene rings is 2. The Hall–Kier alpha value is -1.47. The van der Waals surface area contributed by atoms with E-state index in [0.29, 0.717) is 5.75 Å². The van der Waals surface area contributed by atoms with Crippen molar-refractivity contribution in [1.82, 2.24) is 0 Å². The lowest BCUT2D eigenvalue weighted by atomic mass is 10.2. The van der Waals surface area contributed by atoms with E-state index in [0.717, 1.165) is 10.6 Å². The van der Waals surface area contributed by atoms with Crippen LogP contribution in [0.1, 0.15) is 5.56 Å². The molecule has 0 spiro atoms. The minimum atomic E-state index is 0.322. The van der Waals surface area contributed by atoms with E-state index in [2.05, 4.69) is 0 Å². The summed E-state index contributed by atoms with van der Waals surface area (Å²) < 4.78 is 0. The first-order valence-corrected chi connectivity index (χ1v) is 5.03. The minimum absolute atomic E-state index is 0.322. The summed E-state index contributed by atoms with van der Waals surface area (Å²) in [5.74, 6) is 0.322. The van der Waals surface area contributed by atoms with Crippen LogP contribution < -0.4 is 0 Å². The summed E-state index contributed by atoms with van der Waals surface area (Å²) in [7, 11) is 0. The molecule has 0 aliphatic carbocycles. The number of rotatable bonds is 0. The second kappa shape index (κ2) is 6.10. The molecule has 2 rings (SSSR count). The average Bonchev–Trinajstić information content (AvgIpc) is 2.25. The number of hydrogen-bond donors (Lipinski definition) is 1. The Morgan fingerprint density at radius 1 is 0.867 bits per heavy atom. The van der Waals surface area contributed by atoms with Crippen molar-refractivity contribution in [3.05, 3.63) is 65.2 Å². The van der Waals surface area contributed by atoms with Gasteiger partial charge in [-0.1, -0.05) is 48.0 Å². The first-order valence-electron chi connectivity index (χ1n) is 4.65. The van der Waals surface area contributed by atoms with Crippen LogP contribution >= 0.6 is 11.6 Å². The van der Waals surface area contributed by atoms with E-state index >= 15 is 0 Å². The van der Waals surface area contributed by atoms with Gasteiger partial charge in [-0.05, 0) is 30.7 Å². The van der Waals surface area contributed by atoms with Crippen LogP contribution in [0, 0.1) is 6.92 Å². The molecule has 0 saturated heterocycles. The highest BCUT2D eigenvalue weighted by atomic mass is 35.5. The molecule has 0 aliphatic rings. The zero-order valence-corrected chi connectivity index (χ0v) is 9.28. The van der Waals surface area contributed by atoms with E-state index in [-0.39, 0.29) is 0 Å². The van der Waals surface area contributed by atoms with Gasteiger partial charge < -0.3 is 5.11 Å². The third-order valence-electron chi connectivity index (χ3n) is 1.83. The molecule has 1 N–H and O–H groups in total. The monoisotopic (exact) mass is 220 g/mol. The van der Waals surface area contributed by atoms with E-state index in [1.165, 1.54) is 0 Å². The summed E-state index contributed by atoms with van der Waals surface area (Å²) in [4.78, 5) is 0. The maximum atomic E-state index is 8.63. The number of para-hydroxylation sites is 1. The SMILES string of the molecule is Cc1ccccc1Cl.Oc1ccccc1. The number of aromatic hydroxyl groups is 1. The predicted octanol–water partition coefficient (Wildman–Crippen LogP) is 4.04. The number of aryl methyl sites for hydroxylation is 1. The first-order chi connectivity index (χ1) is 7.20. The summed E-state index contributed by atoms with van der Waals surface area (Å²) in [5.41, 5.74) is 1.13. The number of phenolic OH excluding ortho intramolecular Hbond substituents is 1. The van der Waals surface area contributed by atoms with Crippen molar-refractivity contribution in [3.63, 3.8) is 0 Å². The summed E-state index contributed by atoms with van der Waals surface area (Å²) in [6, 6.07) is 16.5. The number of halogens is 1.